The quantitative estimate of drug-likeness (QED) is 0.901. The molecule has 1 N–H and O–H groups in total. The molecule has 19 heavy (non-hydrogen) atoms. The van der Waals surface area contributed by atoms with Crippen molar-refractivity contribution in [3.05, 3.63) is 24.0 Å². The first-order chi connectivity index (χ1) is 9.11. The van der Waals surface area contributed by atoms with Crippen LogP contribution in [0.5, 0.6) is 0 Å². The van der Waals surface area contributed by atoms with Gasteiger partial charge in [0.1, 0.15) is 0 Å². The molecule has 0 radical (unpaired) electrons. The third-order valence-electron chi connectivity index (χ3n) is 2.62. The molecular weight excluding hydrogens is 240 g/mol. The van der Waals surface area contributed by atoms with Crippen LogP contribution in [0, 0.1) is 6.92 Å². The third kappa shape index (κ3) is 2.96. The number of pyridine rings is 1. The maximum Gasteiger partial charge on any atom is 0.230 e. The number of aromatic nitrogens is 4. The summed E-state index contributed by atoms with van der Waals surface area (Å²) in [7, 11) is 3.82. The normalized spacial score (nSPS) is 10.3. The third-order valence-corrected chi connectivity index (χ3v) is 2.62. The van der Waals surface area contributed by atoms with Crippen LogP contribution in [0.3, 0.4) is 0 Å². The number of hydrogen-bond donors (Lipinski definition) is 1. The van der Waals surface area contributed by atoms with E-state index in [1.807, 2.05) is 38.9 Å². The van der Waals surface area contributed by atoms with Crippen molar-refractivity contribution in [3.63, 3.8) is 0 Å². The fraction of sp³-hybridized carbons (Fsp3) is 0.385. The molecule has 0 atom stereocenters. The number of rotatable bonds is 4. The minimum absolute atomic E-state index is 0.590. The molecule has 2 rings (SSSR count). The minimum Gasteiger partial charge on any atom is -0.354 e. The predicted octanol–water partition coefficient (Wildman–Crippen LogP) is 1.74. The molecule has 6 nitrogen and oxygen atoms in total. The second-order valence-corrected chi connectivity index (χ2v) is 4.40. The zero-order chi connectivity index (χ0) is 13.8. The van der Waals surface area contributed by atoms with E-state index in [1.54, 1.807) is 12.4 Å². The van der Waals surface area contributed by atoms with Crippen molar-refractivity contribution in [3.8, 4) is 11.4 Å². The highest BCUT2D eigenvalue weighted by atomic mass is 15.3. The van der Waals surface area contributed by atoms with Gasteiger partial charge in [0.15, 0.2) is 5.82 Å². The van der Waals surface area contributed by atoms with Gasteiger partial charge < -0.3 is 10.2 Å². The predicted molar refractivity (Wildman–Crippen MR) is 76.3 cm³/mol. The first-order valence-corrected chi connectivity index (χ1v) is 6.20. The van der Waals surface area contributed by atoms with Gasteiger partial charge in [-0.1, -0.05) is 0 Å². The standard InChI is InChI=1S/C13H18N6/c1-5-15-12-16-11(17-13(18-12)19(3)4)10-6-7-14-8-9(10)2/h6-8H,5H2,1-4H3,(H,15,16,17,18). The summed E-state index contributed by atoms with van der Waals surface area (Å²) < 4.78 is 0. The van der Waals surface area contributed by atoms with Crippen LogP contribution in [0.15, 0.2) is 18.5 Å². The van der Waals surface area contributed by atoms with Gasteiger partial charge in [0.25, 0.3) is 0 Å². The van der Waals surface area contributed by atoms with Gasteiger partial charge >= 0.3 is 0 Å². The van der Waals surface area contributed by atoms with Gasteiger partial charge in [0.05, 0.1) is 0 Å². The van der Waals surface area contributed by atoms with Gasteiger partial charge in [-0.15, -0.1) is 0 Å². The minimum atomic E-state index is 0.590. The van der Waals surface area contributed by atoms with Crippen molar-refractivity contribution >= 4 is 11.9 Å². The Balaban J connectivity index is 2.53. The molecule has 2 aromatic rings. The summed E-state index contributed by atoms with van der Waals surface area (Å²) in [4.78, 5) is 19.2. The summed E-state index contributed by atoms with van der Waals surface area (Å²) in [5, 5.41) is 3.13. The average molecular weight is 258 g/mol. The van der Waals surface area contributed by atoms with Crippen molar-refractivity contribution in [1.29, 1.82) is 0 Å². The Morgan fingerprint density at radius 1 is 1.21 bits per heavy atom. The smallest absolute Gasteiger partial charge is 0.230 e. The van der Waals surface area contributed by atoms with E-state index in [0.29, 0.717) is 17.7 Å². The van der Waals surface area contributed by atoms with Gasteiger partial charge in [-0.05, 0) is 25.5 Å². The highest BCUT2D eigenvalue weighted by molar-refractivity contribution is 5.61. The Kier molecular flexibility index (Phi) is 3.89. The van der Waals surface area contributed by atoms with Crippen LogP contribution in [0.1, 0.15) is 12.5 Å². The molecule has 0 aliphatic heterocycles. The molecule has 0 spiro atoms. The van der Waals surface area contributed by atoms with Crippen LogP contribution < -0.4 is 10.2 Å². The number of hydrogen-bond acceptors (Lipinski definition) is 6. The summed E-state index contributed by atoms with van der Waals surface area (Å²) in [5.41, 5.74) is 2.01. The van der Waals surface area contributed by atoms with E-state index in [0.717, 1.165) is 17.7 Å². The van der Waals surface area contributed by atoms with Crippen LogP contribution in [-0.2, 0) is 0 Å². The lowest BCUT2D eigenvalue weighted by molar-refractivity contribution is 0.952. The summed E-state index contributed by atoms with van der Waals surface area (Å²) in [5.74, 6) is 1.89. The highest BCUT2D eigenvalue weighted by Gasteiger charge is 2.11. The molecule has 0 amide bonds. The van der Waals surface area contributed by atoms with E-state index in [1.165, 1.54) is 0 Å². The van der Waals surface area contributed by atoms with Gasteiger partial charge in [0, 0.05) is 38.6 Å². The lowest BCUT2D eigenvalue weighted by Gasteiger charge is -2.13. The molecular formula is C13H18N6. The Hall–Kier alpha value is -2.24. The molecule has 0 bridgehead atoms. The van der Waals surface area contributed by atoms with Crippen LogP contribution in [0.2, 0.25) is 0 Å². The lowest BCUT2D eigenvalue weighted by atomic mass is 10.1. The van der Waals surface area contributed by atoms with E-state index in [9.17, 15) is 0 Å². The molecule has 100 valence electrons. The molecule has 0 unspecified atom stereocenters. The van der Waals surface area contributed by atoms with Crippen molar-refractivity contribution in [2.75, 3.05) is 30.9 Å². The van der Waals surface area contributed by atoms with Crippen LogP contribution >= 0.6 is 0 Å². The van der Waals surface area contributed by atoms with Gasteiger partial charge in [0.2, 0.25) is 11.9 Å². The maximum atomic E-state index is 4.48. The molecule has 6 heteroatoms. The number of nitrogens with zero attached hydrogens (tertiary/aromatic N) is 5. The average Bonchev–Trinajstić information content (AvgIpc) is 2.39. The number of nitrogens with one attached hydrogen (secondary N) is 1. The fourth-order valence-electron chi connectivity index (χ4n) is 1.65. The molecule has 0 aliphatic rings. The van der Waals surface area contributed by atoms with Crippen LogP contribution in [-0.4, -0.2) is 40.6 Å². The molecule has 0 aliphatic carbocycles. The second kappa shape index (κ2) is 5.60. The Morgan fingerprint density at radius 3 is 2.63 bits per heavy atom. The van der Waals surface area contributed by atoms with E-state index in [4.69, 9.17) is 0 Å². The lowest BCUT2D eigenvalue weighted by Crippen LogP contribution is -2.16. The van der Waals surface area contributed by atoms with Crippen LogP contribution in [0.4, 0.5) is 11.9 Å². The summed E-state index contributed by atoms with van der Waals surface area (Å²) >= 11 is 0. The molecule has 0 saturated heterocycles. The van der Waals surface area contributed by atoms with Crippen molar-refractivity contribution in [2.24, 2.45) is 0 Å². The maximum absolute atomic E-state index is 4.48. The van der Waals surface area contributed by atoms with E-state index >= 15 is 0 Å². The molecule has 2 heterocycles. The summed E-state index contributed by atoms with van der Waals surface area (Å²) in [6.07, 6.45) is 3.55. The Labute approximate surface area is 113 Å². The largest absolute Gasteiger partial charge is 0.354 e. The summed E-state index contributed by atoms with van der Waals surface area (Å²) in [6.45, 7) is 4.77. The Morgan fingerprint density at radius 2 is 2.00 bits per heavy atom. The van der Waals surface area contributed by atoms with Crippen molar-refractivity contribution < 1.29 is 0 Å². The second-order valence-electron chi connectivity index (χ2n) is 4.40. The van der Waals surface area contributed by atoms with Crippen LogP contribution in [0.25, 0.3) is 11.4 Å². The summed E-state index contributed by atoms with van der Waals surface area (Å²) in [6, 6.07) is 1.92. The molecule has 0 fully saturated rings. The molecule has 0 saturated carbocycles. The topological polar surface area (TPSA) is 66.8 Å². The van der Waals surface area contributed by atoms with Crippen molar-refractivity contribution in [1.82, 2.24) is 19.9 Å². The number of aryl methyl sites for hydroxylation is 1. The van der Waals surface area contributed by atoms with Gasteiger partial charge in [-0.3, -0.25) is 4.98 Å². The zero-order valence-corrected chi connectivity index (χ0v) is 11.7. The highest BCUT2D eigenvalue weighted by Crippen LogP contribution is 2.21. The number of anilines is 2. The van der Waals surface area contributed by atoms with E-state index < -0.39 is 0 Å². The van der Waals surface area contributed by atoms with Gasteiger partial charge in [-0.25, -0.2) is 0 Å². The SMILES string of the molecule is CCNc1nc(-c2ccncc2C)nc(N(C)C)n1. The van der Waals surface area contributed by atoms with Crippen molar-refractivity contribution in [2.45, 2.75) is 13.8 Å². The first-order valence-electron chi connectivity index (χ1n) is 6.20. The fourth-order valence-corrected chi connectivity index (χ4v) is 1.65. The molecule has 2 aromatic heterocycles. The Bertz CT molecular complexity index is 567. The molecule has 0 aromatic carbocycles. The van der Waals surface area contributed by atoms with E-state index in [-0.39, 0.29) is 0 Å². The zero-order valence-electron chi connectivity index (χ0n) is 11.7. The van der Waals surface area contributed by atoms with E-state index in [2.05, 4.69) is 25.3 Å². The monoisotopic (exact) mass is 258 g/mol. The first kappa shape index (κ1) is 13.2. The van der Waals surface area contributed by atoms with Gasteiger partial charge in [-0.2, -0.15) is 15.0 Å².